The van der Waals surface area contributed by atoms with Crippen LogP contribution in [0.4, 0.5) is 11.6 Å². The monoisotopic (exact) mass is 514 g/mol. The summed E-state index contributed by atoms with van der Waals surface area (Å²) in [5, 5.41) is 18.0. The van der Waals surface area contributed by atoms with Crippen molar-refractivity contribution in [1.29, 1.82) is 0 Å². The molecule has 11 heteroatoms. The Kier molecular flexibility index (Phi) is 6.50. The fraction of sp³-hybridized carbons (Fsp3) is 0.273. The van der Waals surface area contributed by atoms with Crippen LogP contribution in [0.5, 0.6) is 17.2 Å². The molecule has 1 aromatic heterocycles. The van der Waals surface area contributed by atoms with Gasteiger partial charge in [-0.2, -0.15) is 4.68 Å². The summed E-state index contributed by atoms with van der Waals surface area (Å²) in [4.78, 5) is 13.6. The fourth-order valence-electron chi connectivity index (χ4n) is 3.73. The van der Waals surface area contributed by atoms with Crippen molar-refractivity contribution < 1.29 is 19.0 Å². The molecule has 1 aliphatic heterocycles. The van der Waals surface area contributed by atoms with Crippen LogP contribution < -0.4 is 24.8 Å². The standard InChI is InChI=1S/C22H23BrN6O4/c1-5-33-20-14(23)10-13(11-17(20)32-4)19-18(12(2)24-22-26-27-28-29(19)22)21(30)25-15-8-6-7-9-16(15)31-3/h6-11,19H,5H2,1-4H3,(H,25,30)(H,24,26,28). The Labute approximate surface area is 199 Å². The first-order chi connectivity index (χ1) is 16.0. The van der Waals surface area contributed by atoms with Gasteiger partial charge in [0.15, 0.2) is 11.5 Å². The molecule has 2 aromatic carbocycles. The number of nitrogens with one attached hydrogen (secondary N) is 2. The van der Waals surface area contributed by atoms with E-state index in [4.69, 9.17) is 14.2 Å². The maximum absolute atomic E-state index is 13.6. The van der Waals surface area contributed by atoms with E-state index in [1.54, 1.807) is 31.0 Å². The van der Waals surface area contributed by atoms with Crippen molar-refractivity contribution in [3.8, 4) is 17.2 Å². The number of anilines is 2. The highest BCUT2D eigenvalue weighted by Crippen LogP contribution is 2.42. The molecule has 2 heterocycles. The lowest BCUT2D eigenvalue weighted by Crippen LogP contribution is -2.31. The predicted octanol–water partition coefficient (Wildman–Crippen LogP) is 3.78. The summed E-state index contributed by atoms with van der Waals surface area (Å²) in [5.41, 5.74) is 2.36. The van der Waals surface area contributed by atoms with Gasteiger partial charge >= 0.3 is 0 Å². The van der Waals surface area contributed by atoms with Gasteiger partial charge in [-0.15, -0.1) is 0 Å². The Morgan fingerprint density at radius 1 is 1.21 bits per heavy atom. The Hall–Kier alpha value is -3.60. The van der Waals surface area contributed by atoms with Crippen molar-refractivity contribution in [2.24, 2.45) is 0 Å². The van der Waals surface area contributed by atoms with E-state index in [1.165, 1.54) is 0 Å². The number of benzene rings is 2. The highest BCUT2D eigenvalue weighted by atomic mass is 79.9. The number of fused-ring (bicyclic) bond motifs is 1. The quantitative estimate of drug-likeness (QED) is 0.489. The van der Waals surface area contributed by atoms with E-state index < -0.39 is 6.04 Å². The number of halogens is 1. The zero-order valence-corrected chi connectivity index (χ0v) is 20.1. The van der Waals surface area contributed by atoms with Gasteiger partial charge in [0.25, 0.3) is 5.91 Å². The number of allylic oxidation sites excluding steroid dienone is 1. The average Bonchev–Trinajstić information content (AvgIpc) is 3.27. The SMILES string of the molecule is CCOc1c(Br)cc(C2C(C(=O)Nc3ccccc3OC)=C(C)Nc3nnnn32)cc1OC. The minimum absolute atomic E-state index is 0.320. The number of aromatic nitrogens is 4. The van der Waals surface area contributed by atoms with E-state index in [0.29, 0.717) is 51.2 Å². The Bertz CT molecular complexity index is 1230. The minimum Gasteiger partial charge on any atom is -0.495 e. The zero-order valence-electron chi connectivity index (χ0n) is 18.5. The van der Waals surface area contributed by atoms with Crippen molar-refractivity contribution >= 4 is 33.5 Å². The van der Waals surface area contributed by atoms with E-state index in [9.17, 15) is 4.79 Å². The van der Waals surface area contributed by atoms with Crippen LogP contribution in [0.25, 0.3) is 0 Å². The van der Waals surface area contributed by atoms with Crippen LogP contribution >= 0.6 is 15.9 Å². The largest absolute Gasteiger partial charge is 0.495 e. The van der Waals surface area contributed by atoms with Gasteiger partial charge in [0, 0.05) is 5.70 Å². The number of ether oxygens (including phenoxy) is 3. The number of amides is 1. The Balaban J connectivity index is 1.81. The highest BCUT2D eigenvalue weighted by Gasteiger charge is 2.35. The molecular weight excluding hydrogens is 492 g/mol. The molecule has 0 radical (unpaired) electrons. The third kappa shape index (κ3) is 4.23. The van der Waals surface area contributed by atoms with Crippen LogP contribution in [0.3, 0.4) is 0 Å². The van der Waals surface area contributed by atoms with Crippen molar-refractivity contribution in [3.63, 3.8) is 0 Å². The van der Waals surface area contributed by atoms with Gasteiger partial charge in [-0.25, -0.2) is 0 Å². The lowest BCUT2D eigenvalue weighted by atomic mass is 9.94. The highest BCUT2D eigenvalue weighted by molar-refractivity contribution is 9.10. The molecule has 4 rings (SSSR count). The maximum Gasteiger partial charge on any atom is 0.255 e. The lowest BCUT2D eigenvalue weighted by molar-refractivity contribution is -0.113. The van der Waals surface area contributed by atoms with E-state index >= 15 is 0 Å². The van der Waals surface area contributed by atoms with Gasteiger partial charge in [0.2, 0.25) is 5.95 Å². The first-order valence-corrected chi connectivity index (χ1v) is 11.0. The number of methoxy groups -OCH3 is 2. The summed E-state index contributed by atoms with van der Waals surface area (Å²) in [7, 11) is 3.12. The van der Waals surface area contributed by atoms with Crippen LogP contribution in [-0.4, -0.2) is 46.9 Å². The molecule has 172 valence electrons. The molecule has 1 atom stereocenters. The number of hydrogen-bond donors (Lipinski definition) is 2. The van der Waals surface area contributed by atoms with Gasteiger partial charge in [-0.1, -0.05) is 17.2 Å². The molecule has 0 aliphatic carbocycles. The van der Waals surface area contributed by atoms with Crippen molar-refractivity contribution in [1.82, 2.24) is 20.2 Å². The van der Waals surface area contributed by atoms with Gasteiger partial charge < -0.3 is 24.8 Å². The Morgan fingerprint density at radius 2 is 1.97 bits per heavy atom. The van der Waals surface area contributed by atoms with E-state index in [0.717, 1.165) is 5.56 Å². The summed E-state index contributed by atoms with van der Waals surface area (Å²) in [5.74, 6) is 1.76. The Morgan fingerprint density at radius 3 is 2.70 bits per heavy atom. The number of nitrogens with zero attached hydrogens (tertiary/aromatic N) is 4. The van der Waals surface area contributed by atoms with E-state index in [-0.39, 0.29) is 5.91 Å². The number of hydrogen-bond acceptors (Lipinski definition) is 8. The molecule has 0 bridgehead atoms. The summed E-state index contributed by atoms with van der Waals surface area (Å²) < 4.78 is 18.9. The molecule has 0 fully saturated rings. The van der Waals surface area contributed by atoms with Crippen LogP contribution in [0.1, 0.15) is 25.5 Å². The average molecular weight is 515 g/mol. The summed E-state index contributed by atoms with van der Waals surface area (Å²) >= 11 is 3.57. The predicted molar refractivity (Wildman–Crippen MR) is 126 cm³/mol. The summed E-state index contributed by atoms with van der Waals surface area (Å²) in [6, 6.07) is 10.3. The van der Waals surface area contributed by atoms with Crippen LogP contribution in [0, 0.1) is 0 Å². The second kappa shape index (κ2) is 9.49. The molecule has 0 spiro atoms. The third-order valence-electron chi connectivity index (χ3n) is 5.17. The van der Waals surface area contributed by atoms with E-state index in [2.05, 4.69) is 42.1 Å². The fourth-order valence-corrected chi connectivity index (χ4v) is 4.31. The first kappa shape index (κ1) is 22.6. The van der Waals surface area contributed by atoms with Gasteiger partial charge in [-0.3, -0.25) is 4.79 Å². The summed E-state index contributed by atoms with van der Waals surface area (Å²) in [6.45, 7) is 4.18. The number of carbonyl (C=O) groups is 1. The topological polar surface area (TPSA) is 112 Å². The molecule has 1 aliphatic rings. The van der Waals surface area contributed by atoms with Gasteiger partial charge in [0.05, 0.1) is 36.6 Å². The third-order valence-corrected chi connectivity index (χ3v) is 5.76. The second-order valence-electron chi connectivity index (χ2n) is 7.13. The molecule has 3 aromatic rings. The second-order valence-corrected chi connectivity index (χ2v) is 7.99. The van der Waals surface area contributed by atoms with Crippen LogP contribution in [-0.2, 0) is 4.79 Å². The van der Waals surface area contributed by atoms with Crippen LogP contribution in [0.2, 0.25) is 0 Å². The molecule has 2 N–H and O–H groups in total. The van der Waals surface area contributed by atoms with E-state index in [1.807, 2.05) is 38.1 Å². The van der Waals surface area contributed by atoms with Crippen molar-refractivity contribution in [2.75, 3.05) is 31.5 Å². The molecular formula is C22H23BrN6O4. The molecule has 1 unspecified atom stereocenters. The van der Waals surface area contributed by atoms with Crippen LogP contribution in [0.15, 0.2) is 52.1 Å². The summed E-state index contributed by atoms with van der Waals surface area (Å²) in [6.07, 6.45) is 0. The van der Waals surface area contributed by atoms with Crippen molar-refractivity contribution in [2.45, 2.75) is 19.9 Å². The normalized spacial score (nSPS) is 14.9. The first-order valence-electron chi connectivity index (χ1n) is 10.2. The van der Waals surface area contributed by atoms with Gasteiger partial charge in [0.1, 0.15) is 11.8 Å². The molecule has 0 saturated heterocycles. The molecule has 10 nitrogen and oxygen atoms in total. The molecule has 0 saturated carbocycles. The van der Waals surface area contributed by atoms with Gasteiger partial charge in [-0.05, 0) is 70.0 Å². The lowest BCUT2D eigenvalue weighted by Gasteiger charge is -2.28. The van der Waals surface area contributed by atoms with Crippen molar-refractivity contribution in [3.05, 3.63) is 57.7 Å². The number of rotatable bonds is 7. The number of para-hydroxylation sites is 2. The smallest absolute Gasteiger partial charge is 0.255 e. The molecule has 1 amide bonds. The number of carbonyl (C=O) groups excluding carboxylic acids is 1. The number of tetrazole rings is 1. The minimum atomic E-state index is -0.619. The zero-order chi connectivity index (χ0) is 23.5. The molecule has 33 heavy (non-hydrogen) atoms. The maximum atomic E-state index is 13.6.